The zero-order valence-corrected chi connectivity index (χ0v) is 55.5. The van der Waals surface area contributed by atoms with Crippen molar-refractivity contribution in [1.82, 2.24) is 5.32 Å². The summed E-state index contributed by atoms with van der Waals surface area (Å²) >= 11 is 0. The van der Waals surface area contributed by atoms with Crippen LogP contribution in [0.25, 0.3) is 0 Å². The molecule has 3 N–H and O–H groups in total. The van der Waals surface area contributed by atoms with Gasteiger partial charge in [0.15, 0.2) is 0 Å². The predicted molar refractivity (Wildman–Crippen MR) is 361 cm³/mol. The van der Waals surface area contributed by atoms with Gasteiger partial charge in [0.1, 0.15) is 0 Å². The van der Waals surface area contributed by atoms with E-state index >= 15 is 0 Å². The summed E-state index contributed by atoms with van der Waals surface area (Å²) in [5.41, 5.74) is 0. The van der Waals surface area contributed by atoms with Crippen LogP contribution >= 0.6 is 0 Å². The summed E-state index contributed by atoms with van der Waals surface area (Å²) in [6.07, 6.45) is 92.3. The number of hydrogen-bond acceptors (Lipinski definition) is 5. The zero-order valence-electron chi connectivity index (χ0n) is 55.5. The Hall–Kier alpha value is -1.92. The van der Waals surface area contributed by atoms with Crippen LogP contribution in [0.1, 0.15) is 412 Å². The van der Waals surface area contributed by atoms with E-state index in [1.165, 1.54) is 327 Å². The number of nitrogens with one attached hydrogen (secondary N) is 1. The van der Waals surface area contributed by atoms with E-state index in [0.29, 0.717) is 25.9 Å². The van der Waals surface area contributed by atoms with Gasteiger partial charge in [-0.15, -0.1) is 0 Å². The Labute approximate surface area is 513 Å². The van der Waals surface area contributed by atoms with E-state index in [-0.39, 0.29) is 18.5 Å². The van der Waals surface area contributed by atoms with Crippen LogP contribution < -0.4 is 5.32 Å². The van der Waals surface area contributed by atoms with Crippen LogP contribution in [0.5, 0.6) is 0 Å². The molecule has 2 unspecified atom stereocenters. The second-order valence-electron chi connectivity index (χ2n) is 25.6. The Bertz CT molecular complexity index is 1330. The lowest BCUT2D eigenvalue weighted by Crippen LogP contribution is -2.45. The predicted octanol–water partition coefficient (Wildman–Crippen LogP) is 24.3. The van der Waals surface area contributed by atoms with E-state index in [1.807, 2.05) is 0 Å². The Morgan fingerprint density at radius 2 is 0.610 bits per heavy atom. The maximum atomic E-state index is 12.5. The molecule has 0 aliphatic heterocycles. The molecular weight excluding hydrogens is 1010 g/mol. The molecule has 0 fully saturated rings. The van der Waals surface area contributed by atoms with Crippen molar-refractivity contribution in [2.45, 2.75) is 424 Å². The number of hydrogen-bond donors (Lipinski definition) is 3. The molecule has 2 atom stereocenters. The van der Waals surface area contributed by atoms with Crippen molar-refractivity contribution < 1.29 is 24.5 Å². The first-order valence-electron chi connectivity index (χ1n) is 37.2. The first kappa shape index (κ1) is 80.1. The van der Waals surface area contributed by atoms with Gasteiger partial charge in [0.05, 0.1) is 25.4 Å². The van der Waals surface area contributed by atoms with E-state index in [4.69, 9.17) is 4.74 Å². The van der Waals surface area contributed by atoms with E-state index in [9.17, 15) is 19.8 Å². The molecule has 0 aromatic carbocycles. The first-order chi connectivity index (χ1) is 40.5. The monoisotopic (exact) mass is 1150 g/mol. The Balaban J connectivity index is 3.31. The highest BCUT2D eigenvalue weighted by atomic mass is 16.5. The first-order valence-corrected chi connectivity index (χ1v) is 37.2. The molecule has 6 heteroatoms. The number of aliphatic hydroxyl groups is 2. The van der Waals surface area contributed by atoms with E-state index in [0.717, 1.165) is 51.4 Å². The fourth-order valence-corrected chi connectivity index (χ4v) is 11.7. The molecule has 0 spiro atoms. The minimum Gasteiger partial charge on any atom is -0.466 e. The third kappa shape index (κ3) is 67.2. The number of ether oxygens (including phenoxy) is 1. The van der Waals surface area contributed by atoms with E-state index in [2.05, 4.69) is 55.6 Å². The molecule has 0 radical (unpaired) electrons. The third-order valence-electron chi connectivity index (χ3n) is 17.4. The fraction of sp³-hybridized carbons (Fsp3) is 0.895. The Kier molecular flexibility index (Phi) is 69.9. The van der Waals surface area contributed by atoms with Crippen LogP contribution in [0.2, 0.25) is 0 Å². The largest absolute Gasteiger partial charge is 0.466 e. The number of carbonyl (C=O) groups is 2. The van der Waals surface area contributed by atoms with Gasteiger partial charge in [0.2, 0.25) is 5.91 Å². The van der Waals surface area contributed by atoms with Crippen molar-refractivity contribution in [2.75, 3.05) is 13.2 Å². The lowest BCUT2D eigenvalue weighted by molar-refractivity contribution is -0.143. The molecule has 6 nitrogen and oxygen atoms in total. The van der Waals surface area contributed by atoms with Crippen molar-refractivity contribution in [1.29, 1.82) is 0 Å². The van der Waals surface area contributed by atoms with Crippen LogP contribution in [0.3, 0.4) is 0 Å². The number of esters is 1. The van der Waals surface area contributed by atoms with Crippen molar-refractivity contribution in [2.24, 2.45) is 0 Å². The normalized spacial score (nSPS) is 12.7. The van der Waals surface area contributed by atoms with Gasteiger partial charge in [-0.1, -0.05) is 352 Å². The molecule has 0 rings (SSSR count). The van der Waals surface area contributed by atoms with Crippen LogP contribution in [0.15, 0.2) is 36.5 Å². The average Bonchev–Trinajstić information content (AvgIpc) is 3.48. The third-order valence-corrected chi connectivity index (χ3v) is 17.4. The maximum Gasteiger partial charge on any atom is 0.305 e. The SMILES string of the molecule is CCCCC/C=C\C/C=C\CCCCCCCCCCCC(=O)OCCCCCCCCCCCCCCCC/C=C\CCCCCCCCCCCCCCCCCCCC(=O)NC(CO)C(O)CCCCCCCCCCCCC. The molecule has 0 bridgehead atoms. The number of rotatable bonds is 70. The lowest BCUT2D eigenvalue weighted by Gasteiger charge is -2.22. The number of amides is 1. The van der Waals surface area contributed by atoms with Gasteiger partial charge in [-0.2, -0.15) is 0 Å². The number of allylic oxidation sites excluding steroid dienone is 6. The zero-order chi connectivity index (χ0) is 59.2. The minimum atomic E-state index is -0.660. The van der Waals surface area contributed by atoms with Crippen molar-refractivity contribution >= 4 is 11.9 Å². The van der Waals surface area contributed by atoms with Crippen LogP contribution in [-0.2, 0) is 14.3 Å². The second kappa shape index (κ2) is 71.6. The van der Waals surface area contributed by atoms with Crippen molar-refractivity contribution in [3.8, 4) is 0 Å². The summed E-state index contributed by atoms with van der Waals surface area (Å²) in [5, 5.41) is 23.2. The van der Waals surface area contributed by atoms with Gasteiger partial charge in [-0.25, -0.2) is 0 Å². The van der Waals surface area contributed by atoms with Crippen LogP contribution in [0, 0.1) is 0 Å². The average molecular weight is 1150 g/mol. The molecule has 0 aliphatic rings. The molecule has 0 heterocycles. The maximum absolute atomic E-state index is 12.5. The molecule has 0 aliphatic carbocycles. The van der Waals surface area contributed by atoms with Gasteiger partial charge in [0.25, 0.3) is 0 Å². The van der Waals surface area contributed by atoms with Gasteiger partial charge < -0.3 is 20.3 Å². The van der Waals surface area contributed by atoms with Crippen LogP contribution in [-0.4, -0.2) is 47.4 Å². The smallest absolute Gasteiger partial charge is 0.305 e. The van der Waals surface area contributed by atoms with E-state index < -0.39 is 12.1 Å². The summed E-state index contributed by atoms with van der Waals surface area (Å²) in [6, 6.07) is -0.537. The topological polar surface area (TPSA) is 95.9 Å². The fourth-order valence-electron chi connectivity index (χ4n) is 11.7. The van der Waals surface area contributed by atoms with Gasteiger partial charge >= 0.3 is 5.97 Å². The molecule has 0 aromatic heterocycles. The molecular formula is C76H145NO5. The van der Waals surface area contributed by atoms with Crippen molar-refractivity contribution in [3.63, 3.8) is 0 Å². The molecule has 0 aromatic rings. The number of aliphatic hydroxyl groups excluding tert-OH is 2. The Morgan fingerprint density at radius 1 is 0.341 bits per heavy atom. The highest BCUT2D eigenvalue weighted by molar-refractivity contribution is 5.76. The summed E-state index contributed by atoms with van der Waals surface area (Å²) in [4.78, 5) is 24.6. The number of unbranched alkanes of at least 4 members (excludes halogenated alkanes) is 53. The highest BCUT2D eigenvalue weighted by Crippen LogP contribution is 2.19. The standard InChI is InChI=1S/C76H145NO5/c1-3-5-7-9-11-13-15-16-17-18-36-40-43-46-50-54-58-62-66-70-76(81)82-71-67-63-59-55-51-47-44-41-38-35-33-31-29-27-25-23-21-19-20-22-24-26-28-30-32-34-37-39-42-45-49-53-57-61-65-69-75(80)77-73(72-78)74(79)68-64-60-56-52-48-14-12-10-8-6-4-2/h11,13,16-17,21,23,73-74,78-79H,3-10,12,14-15,18-20,22,24-72H2,1-2H3,(H,77,80)/b13-11-,17-16-,23-21-. The van der Waals surface area contributed by atoms with E-state index in [1.54, 1.807) is 0 Å². The lowest BCUT2D eigenvalue weighted by atomic mass is 10.0. The quantitative estimate of drug-likeness (QED) is 0.0320. The number of carbonyl (C=O) groups excluding carboxylic acids is 2. The summed E-state index contributed by atoms with van der Waals surface area (Å²) in [7, 11) is 0. The molecule has 1 amide bonds. The van der Waals surface area contributed by atoms with Gasteiger partial charge in [0, 0.05) is 12.8 Å². The highest BCUT2D eigenvalue weighted by Gasteiger charge is 2.20. The van der Waals surface area contributed by atoms with Gasteiger partial charge in [-0.3, -0.25) is 9.59 Å². The summed E-state index contributed by atoms with van der Waals surface area (Å²) in [5.74, 6) is -0.0137. The Morgan fingerprint density at radius 3 is 0.963 bits per heavy atom. The van der Waals surface area contributed by atoms with Crippen molar-refractivity contribution in [3.05, 3.63) is 36.5 Å². The minimum absolute atomic E-state index is 0.0169. The molecule has 0 saturated heterocycles. The summed E-state index contributed by atoms with van der Waals surface area (Å²) < 4.78 is 5.51. The second-order valence-corrected chi connectivity index (χ2v) is 25.6. The van der Waals surface area contributed by atoms with Gasteiger partial charge in [-0.05, 0) is 83.5 Å². The molecule has 484 valence electrons. The molecule has 82 heavy (non-hydrogen) atoms. The van der Waals surface area contributed by atoms with Crippen LogP contribution in [0.4, 0.5) is 0 Å². The summed E-state index contributed by atoms with van der Waals surface area (Å²) in [6.45, 7) is 4.95. The molecule has 0 saturated carbocycles.